The number of anilines is 1. The second-order valence-electron chi connectivity index (χ2n) is 3.15. The minimum atomic E-state index is 0.00958. The van der Waals surface area contributed by atoms with Crippen LogP contribution in [0.1, 0.15) is 19.3 Å². The Morgan fingerprint density at radius 3 is 3.00 bits per heavy atom. The Labute approximate surface area is 97.4 Å². The number of aromatic nitrogens is 1. The third-order valence-corrected chi connectivity index (χ3v) is 2.54. The van der Waals surface area contributed by atoms with Crippen LogP contribution in [0.3, 0.4) is 0 Å². The maximum absolute atomic E-state index is 11.4. The highest BCUT2D eigenvalue weighted by Crippen LogP contribution is 2.20. The molecule has 0 radical (unpaired) electrons. The van der Waals surface area contributed by atoms with E-state index in [1.807, 2.05) is 0 Å². The van der Waals surface area contributed by atoms with Gasteiger partial charge >= 0.3 is 0 Å². The van der Waals surface area contributed by atoms with E-state index in [2.05, 4.69) is 26.2 Å². The monoisotopic (exact) mass is 271 g/mol. The number of rotatable bonds is 5. The zero-order chi connectivity index (χ0) is 11.1. The molecule has 4 nitrogen and oxygen atoms in total. The molecule has 0 saturated heterocycles. The van der Waals surface area contributed by atoms with E-state index in [1.54, 1.807) is 18.5 Å². The van der Waals surface area contributed by atoms with Crippen molar-refractivity contribution in [3.63, 3.8) is 0 Å². The number of nitrogens with zero attached hydrogens (tertiary/aromatic N) is 1. The highest BCUT2D eigenvalue weighted by Gasteiger charge is 2.04. The van der Waals surface area contributed by atoms with E-state index in [9.17, 15) is 4.79 Å². The van der Waals surface area contributed by atoms with Gasteiger partial charge in [-0.25, -0.2) is 0 Å². The smallest absolute Gasteiger partial charge is 0.224 e. The number of hydrogen-bond donors (Lipinski definition) is 2. The average Bonchev–Trinajstić information content (AvgIpc) is 2.22. The number of hydrogen-bond acceptors (Lipinski definition) is 3. The minimum absolute atomic E-state index is 0.00958. The normalized spacial score (nSPS) is 10.0. The molecule has 0 aliphatic heterocycles. The molecule has 1 heterocycles. The number of nitrogens with two attached hydrogens (primary N) is 1. The Bertz CT molecular complexity index is 330. The topological polar surface area (TPSA) is 68.0 Å². The van der Waals surface area contributed by atoms with Gasteiger partial charge in [-0.15, -0.1) is 0 Å². The van der Waals surface area contributed by atoms with Crippen molar-refractivity contribution in [3.8, 4) is 0 Å². The van der Waals surface area contributed by atoms with E-state index < -0.39 is 0 Å². The van der Waals surface area contributed by atoms with Crippen LogP contribution in [-0.2, 0) is 4.79 Å². The van der Waals surface area contributed by atoms with E-state index in [1.165, 1.54) is 0 Å². The van der Waals surface area contributed by atoms with Crippen molar-refractivity contribution in [3.05, 3.63) is 22.9 Å². The Morgan fingerprint density at radius 2 is 2.33 bits per heavy atom. The van der Waals surface area contributed by atoms with Crippen molar-refractivity contribution in [2.24, 2.45) is 5.73 Å². The largest absolute Gasteiger partial charge is 0.330 e. The fraction of sp³-hybridized carbons (Fsp3) is 0.400. The molecule has 0 spiro atoms. The molecule has 0 aliphatic rings. The van der Waals surface area contributed by atoms with Gasteiger partial charge in [0.15, 0.2) is 0 Å². The van der Waals surface area contributed by atoms with Crippen LogP contribution in [0.4, 0.5) is 5.69 Å². The Kier molecular flexibility index (Phi) is 5.28. The number of nitrogens with one attached hydrogen (secondary N) is 1. The third-order valence-electron chi connectivity index (χ3n) is 1.90. The highest BCUT2D eigenvalue weighted by atomic mass is 79.9. The van der Waals surface area contributed by atoms with E-state index in [-0.39, 0.29) is 5.91 Å². The number of amides is 1. The molecule has 0 aliphatic carbocycles. The molecule has 0 atom stereocenters. The van der Waals surface area contributed by atoms with Crippen molar-refractivity contribution in [1.82, 2.24) is 4.98 Å². The summed E-state index contributed by atoms with van der Waals surface area (Å²) in [5, 5.41) is 2.80. The van der Waals surface area contributed by atoms with Crippen molar-refractivity contribution in [1.29, 1.82) is 0 Å². The number of pyridine rings is 1. The fourth-order valence-electron chi connectivity index (χ4n) is 1.12. The van der Waals surface area contributed by atoms with E-state index in [0.29, 0.717) is 13.0 Å². The zero-order valence-electron chi connectivity index (χ0n) is 8.37. The first kappa shape index (κ1) is 12.1. The predicted octanol–water partition coefficient (Wildman–Crippen LogP) is 1.91. The first-order valence-corrected chi connectivity index (χ1v) is 5.62. The molecule has 0 aromatic carbocycles. The van der Waals surface area contributed by atoms with Crippen LogP contribution >= 0.6 is 15.9 Å². The average molecular weight is 272 g/mol. The summed E-state index contributed by atoms with van der Waals surface area (Å²) in [6.07, 6.45) is 5.50. The fourth-order valence-corrected chi connectivity index (χ4v) is 1.47. The molecule has 15 heavy (non-hydrogen) atoms. The summed E-state index contributed by atoms with van der Waals surface area (Å²) >= 11 is 3.31. The summed E-state index contributed by atoms with van der Waals surface area (Å²) in [5.41, 5.74) is 6.10. The standard InChI is InChI=1S/C10H14BrN3O/c11-8-7-13-6-4-9(8)14-10(15)3-1-2-5-12/h4,6-7H,1-3,5,12H2,(H,13,14,15). The number of halogens is 1. The molecule has 1 amide bonds. The first-order chi connectivity index (χ1) is 7.24. The highest BCUT2D eigenvalue weighted by molar-refractivity contribution is 9.10. The van der Waals surface area contributed by atoms with Gasteiger partial charge in [0.05, 0.1) is 10.2 Å². The second kappa shape index (κ2) is 6.53. The maximum atomic E-state index is 11.4. The van der Waals surface area contributed by atoms with Gasteiger partial charge in [-0.2, -0.15) is 0 Å². The molecular formula is C10H14BrN3O. The van der Waals surface area contributed by atoms with Crippen LogP contribution in [-0.4, -0.2) is 17.4 Å². The van der Waals surface area contributed by atoms with E-state index in [0.717, 1.165) is 23.0 Å². The quantitative estimate of drug-likeness (QED) is 0.804. The lowest BCUT2D eigenvalue weighted by atomic mass is 10.2. The molecular weight excluding hydrogens is 258 g/mol. The zero-order valence-corrected chi connectivity index (χ0v) is 9.96. The van der Waals surface area contributed by atoms with Crippen molar-refractivity contribution in [2.75, 3.05) is 11.9 Å². The van der Waals surface area contributed by atoms with E-state index >= 15 is 0 Å². The summed E-state index contributed by atoms with van der Waals surface area (Å²) < 4.78 is 0.789. The van der Waals surface area contributed by atoms with Crippen LogP contribution in [0, 0.1) is 0 Å². The molecule has 0 bridgehead atoms. The minimum Gasteiger partial charge on any atom is -0.330 e. The number of carbonyl (C=O) groups is 1. The van der Waals surface area contributed by atoms with Gasteiger partial charge in [-0.05, 0) is 41.4 Å². The third kappa shape index (κ3) is 4.40. The van der Waals surface area contributed by atoms with Crippen LogP contribution in [0.2, 0.25) is 0 Å². The van der Waals surface area contributed by atoms with Gasteiger partial charge in [-0.1, -0.05) is 0 Å². The van der Waals surface area contributed by atoms with Gasteiger partial charge in [0.25, 0.3) is 0 Å². The molecule has 5 heteroatoms. The molecule has 1 aromatic heterocycles. The molecule has 0 saturated carbocycles. The molecule has 0 fully saturated rings. The maximum Gasteiger partial charge on any atom is 0.224 e. The first-order valence-electron chi connectivity index (χ1n) is 4.83. The lowest BCUT2D eigenvalue weighted by Gasteiger charge is -2.06. The molecule has 82 valence electrons. The molecule has 1 rings (SSSR count). The molecule has 0 unspecified atom stereocenters. The molecule has 1 aromatic rings. The Morgan fingerprint density at radius 1 is 1.53 bits per heavy atom. The number of carbonyl (C=O) groups excluding carboxylic acids is 1. The van der Waals surface area contributed by atoms with Crippen molar-refractivity contribution < 1.29 is 4.79 Å². The summed E-state index contributed by atoms with van der Waals surface area (Å²) in [7, 11) is 0. The summed E-state index contributed by atoms with van der Waals surface area (Å²) in [6.45, 7) is 0.631. The van der Waals surface area contributed by atoms with Crippen LogP contribution in [0.15, 0.2) is 22.9 Å². The summed E-state index contributed by atoms with van der Waals surface area (Å²) in [5.74, 6) is 0.00958. The van der Waals surface area contributed by atoms with Gasteiger partial charge in [-0.3, -0.25) is 9.78 Å². The summed E-state index contributed by atoms with van der Waals surface area (Å²) in [6, 6.07) is 1.75. The van der Waals surface area contributed by atoms with Gasteiger partial charge in [0, 0.05) is 18.8 Å². The van der Waals surface area contributed by atoms with Gasteiger partial charge in [0.1, 0.15) is 0 Å². The van der Waals surface area contributed by atoms with E-state index in [4.69, 9.17) is 5.73 Å². The van der Waals surface area contributed by atoms with Gasteiger partial charge in [0.2, 0.25) is 5.91 Å². The van der Waals surface area contributed by atoms with Crippen LogP contribution < -0.4 is 11.1 Å². The lowest BCUT2D eigenvalue weighted by molar-refractivity contribution is -0.116. The second-order valence-corrected chi connectivity index (χ2v) is 4.00. The predicted molar refractivity (Wildman–Crippen MR) is 63.5 cm³/mol. The SMILES string of the molecule is NCCCCC(=O)Nc1ccncc1Br. The summed E-state index contributed by atoms with van der Waals surface area (Å²) in [4.78, 5) is 15.4. The lowest BCUT2D eigenvalue weighted by Crippen LogP contribution is -2.12. The van der Waals surface area contributed by atoms with Crippen LogP contribution in [0.5, 0.6) is 0 Å². The van der Waals surface area contributed by atoms with Crippen molar-refractivity contribution in [2.45, 2.75) is 19.3 Å². The Balaban J connectivity index is 2.41. The number of unbranched alkanes of at least 4 members (excludes halogenated alkanes) is 1. The van der Waals surface area contributed by atoms with Crippen LogP contribution in [0.25, 0.3) is 0 Å². The Hall–Kier alpha value is -0.940. The molecule has 3 N–H and O–H groups in total. The van der Waals surface area contributed by atoms with Crippen molar-refractivity contribution >= 4 is 27.5 Å². The van der Waals surface area contributed by atoms with Gasteiger partial charge < -0.3 is 11.1 Å².